The number of hydrogen-bond acceptors (Lipinski definition) is 5. The molecule has 2 N–H and O–H groups in total. The van der Waals surface area contributed by atoms with Crippen LogP contribution < -0.4 is 10.6 Å². The van der Waals surface area contributed by atoms with Gasteiger partial charge in [-0.15, -0.1) is 0 Å². The molecule has 1 aliphatic carbocycles. The summed E-state index contributed by atoms with van der Waals surface area (Å²) in [5.74, 6) is -0.438. The molecule has 8 heteroatoms. The van der Waals surface area contributed by atoms with E-state index in [4.69, 9.17) is 0 Å². The first kappa shape index (κ1) is 19.9. The van der Waals surface area contributed by atoms with E-state index < -0.39 is 32.6 Å². The molecule has 0 aromatic carbocycles. The second-order valence-electron chi connectivity index (χ2n) is 7.39. The molecule has 0 spiro atoms. The molecule has 0 aliphatic heterocycles. The first-order valence-electron chi connectivity index (χ1n) is 7.91. The molecule has 0 unspecified atom stereocenters. The number of rotatable bonds is 4. The Labute approximate surface area is 139 Å². The molecule has 0 aromatic heterocycles. The molecule has 23 heavy (non-hydrogen) atoms. The Hall–Kier alpha value is -1.15. The van der Waals surface area contributed by atoms with Crippen LogP contribution in [0, 0.1) is 0 Å². The van der Waals surface area contributed by atoms with E-state index in [9.17, 15) is 18.0 Å². The van der Waals surface area contributed by atoms with Crippen molar-refractivity contribution in [1.29, 1.82) is 0 Å². The zero-order valence-corrected chi connectivity index (χ0v) is 15.5. The smallest absolute Gasteiger partial charge is 0.321 e. The number of carbonyl (C=O) groups excluding carboxylic acids is 2. The number of urea groups is 1. The summed E-state index contributed by atoms with van der Waals surface area (Å²) in [6, 6.07) is -0.727. The van der Waals surface area contributed by atoms with E-state index in [1.54, 1.807) is 11.9 Å². The van der Waals surface area contributed by atoms with Crippen molar-refractivity contribution in [2.75, 3.05) is 19.8 Å². The van der Waals surface area contributed by atoms with E-state index in [0.29, 0.717) is 6.42 Å². The van der Waals surface area contributed by atoms with Crippen LogP contribution in [0.2, 0.25) is 0 Å². The number of carbonyl (C=O) groups is 2. The monoisotopic (exact) mass is 347 g/mol. The van der Waals surface area contributed by atoms with Crippen molar-refractivity contribution in [3.8, 4) is 0 Å². The van der Waals surface area contributed by atoms with Crippen LogP contribution in [0.15, 0.2) is 0 Å². The minimum absolute atomic E-state index is 0.00570. The Kier molecular flexibility index (Phi) is 6.59. The Morgan fingerprint density at radius 3 is 2.26 bits per heavy atom. The number of amides is 3. The third kappa shape index (κ3) is 6.87. The molecule has 0 heterocycles. The van der Waals surface area contributed by atoms with E-state index in [1.807, 2.05) is 20.8 Å². The van der Waals surface area contributed by atoms with Gasteiger partial charge < -0.3 is 5.32 Å². The van der Waals surface area contributed by atoms with Crippen molar-refractivity contribution in [1.82, 2.24) is 15.5 Å². The normalized spacial score (nSPS) is 22.7. The average Bonchev–Trinajstić information content (AvgIpc) is 2.34. The fraction of sp³-hybridized carbons (Fsp3) is 0.867. The summed E-state index contributed by atoms with van der Waals surface area (Å²) in [6.45, 7) is 5.46. The summed E-state index contributed by atoms with van der Waals surface area (Å²) < 4.78 is 23.9. The van der Waals surface area contributed by atoms with E-state index in [2.05, 4.69) is 10.6 Å². The van der Waals surface area contributed by atoms with Crippen LogP contribution in [0.25, 0.3) is 0 Å². The minimum Gasteiger partial charge on any atom is -0.333 e. The number of imide groups is 1. The summed E-state index contributed by atoms with van der Waals surface area (Å²) in [4.78, 5) is 25.4. The highest BCUT2D eigenvalue weighted by Gasteiger charge is 2.35. The van der Waals surface area contributed by atoms with Crippen LogP contribution in [0.5, 0.6) is 0 Å². The van der Waals surface area contributed by atoms with Gasteiger partial charge in [-0.2, -0.15) is 0 Å². The molecule has 0 radical (unpaired) electrons. The topological polar surface area (TPSA) is 95.6 Å². The third-order valence-electron chi connectivity index (χ3n) is 3.92. The second kappa shape index (κ2) is 7.61. The van der Waals surface area contributed by atoms with Crippen LogP contribution in [-0.2, 0) is 14.6 Å². The van der Waals surface area contributed by atoms with Crippen molar-refractivity contribution in [3.05, 3.63) is 0 Å². The number of nitrogens with one attached hydrogen (secondary N) is 2. The van der Waals surface area contributed by atoms with Gasteiger partial charge in [-0.25, -0.2) is 13.2 Å². The Balaban J connectivity index is 2.61. The zero-order chi connectivity index (χ0) is 17.8. The van der Waals surface area contributed by atoms with Crippen LogP contribution in [-0.4, -0.2) is 61.9 Å². The van der Waals surface area contributed by atoms with Gasteiger partial charge in [-0.1, -0.05) is 12.8 Å². The fourth-order valence-corrected chi connectivity index (χ4v) is 4.47. The van der Waals surface area contributed by atoms with Gasteiger partial charge in [0.25, 0.3) is 0 Å². The lowest BCUT2D eigenvalue weighted by Crippen LogP contribution is -2.53. The zero-order valence-electron chi connectivity index (χ0n) is 14.7. The molecule has 1 rings (SSSR count). The first-order chi connectivity index (χ1) is 10.4. The maximum absolute atomic E-state index is 12.0. The van der Waals surface area contributed by atoms with E-state index in [0.717, 1.165) is 19.3 Å². The first-order valence-corrected chi connectivity index (χ1v) is 9.87. The van der Waals surface area contributed by atoms with Crippen molar-refractivity contribution in [2.24, 2.45) is 0 Å². The van der Waals surface area contributed by atoms with Gasteiger partial charge in [-0.05, 0) is 40.7 Å². The SMILES string of the molecule is CN(CC(=O)NC(=O)NC(C)(C)C)[C@H]1CCCC[C@H]1S(C)(=O)=O. The van der Waals surface area contributed by atoms with Crippen LogP contribution >= 0.6 is 0 Å². The van der Waals surface area contributed by atoms with E-state index in [1.165, 1.54) is 6.26 Å². The van der Waals surface area contributed by atoms with Crippen molar-refractivity contribution >= 4 is 21.8 Å². The van der Waals surface area contributed by atoms with Gasteiger partial charge in [0.2, 0.25) is 5.91 Å². The Morgan fingerprint density at radius 2 is 1.74 bits per heavy atom. The summed E-state index contributed by atoms with van der Waals surface area (Å²) in [6.07, 6.45) is 4.46. The lowest BCUT2D eigenvalue weighted by molar-refractivity contribution is -0.121. The molecular formula is C15H29N3O4S. The van der Waals surface area contributed by atoms with Gasteiger partial charge in [0.15, 0.2) is 9.84 Å². The van der Waals surface area contributed by atoms with Gasteiger partial charge >= 0.3 is 6.03 Å². The maximum Gasteiger partial charge on any atom is 0.321 e. The predicted molar refractivity (Wildman–Crippen MR) is 89.9 cm³/mol. The molecule has 0 bridgehead atoms. The molecule has 134 valence electrons. The van der Waals surface area contributed by atoms with Crippen molar-refractivity contribution < 1.29 is 18.0 Å². The summed E-state index contributed by atoms with van der Waals surface area (Å²) in [5.41, 5.74) is -0.430. The summed E-state index contributed by atoms with van der Waals surface area (Å²) >= 11 is 0. The van der Waals surface area contributed by atoms with E-state index >= 15 is 0 Å². The molecule has 1 saturated carbocycles. The lowest BCUT2D eigenvalue weighted by atomic mass is 9.94. The molecule has 0 aromatic rings. The fourth-order valence-electron chi connectivity index (χ4n) is 2.96. The van der Waals surface area contributed by atoms with Crippen LogP contribution in [0.4, 0.5) is 4.79 Å². The number of hydrogen-bond donors (Lipinski definition) is 2. The largest absolute Gasteiger partial charge is 0.333 e. The van der Waals surface area contributed by atoms with E-state index in [-0.39, 0.29) is 12.6 Å². The molecule has 0 saturated heterocycles. The van der Waals surface area contributed by atoms with Crippen molar-refractivity contribution in [3.63, 3.8) is 0 Å². The van der Waals surface area contributed by atoms with Crippen LogP contribution in [0.1, 0.15) is 46.5 Å². The van der Waals surface area contributed by atoms with Gasteiger partial charge in [0.05, 0.1) is 11.8 Å². The Morgan fingerprint density at radius 1 is 1.17 bits per heavy atom. The predicted octanol–water partition coefficient (Wildman–Crippen LogP) is 0.898. The molecule has 2 atom stereocenters. The number of likely N-dealkylation sites (N-methyl/N-ethyl adjacent to an activating group) is 1. The highest BCUT2D eigenvalue weighted by atomic mass is 32.2. The van der Waals surface area contributed by atoms with Gasteiger partial charge in [0, 0.05) is 17.8 Å². The molecule has 7 nitrogen and oxygen atoms in total. The lowest BCUT2D eigenvalue weighted by Gasteiger charge is -2.36. The average molecular weight is 347 g/mol. The molecule has 3 amide bonds. The highest BCUT2D eigenvalue weighted by molar-refractivity contribution is 7.91. The summed E-state index contributed by atoms with van der Waals surface area (Å²) in [7, 11) is -1.42. The molecule has 1 aliphatic rings. The molecular weight excluding hydrogens is 318 g/mol. The van der Waals surface area contributed by atoms with Crippen molar-refractivity contribution in [2.45, 2.75) is 63.3 Å². The molecule has 1 fully saturated rings. The van der Waals surface area contributed by atoms with Gasteiger partial charge in [-0.3, -0.25) is 15.0 Å². The Bertz CT molecular complexity index is 539. The standard InChI is InChI=1S/C15H29N3O4S/c1-15(2,3)17-14(20)16-13(19)10-18(4)11-8-6-7-9-12(11)23(5,21)22/h11-12H,6-10H2,1-5H3,(H2,16,17,19,20)/t11-,12+/m0/s1. The third-order valence-corrected chi connectivity index (χ3v) is 5.57. The maximum atomic E-state index is 12.0. The minimum atomic E-state index is -3.16. The second-order valence-corrected chi connectivity index (χ2v) is 9.65. The summed E-state index contributed by atoms with van der Waals surface area (Å²) in [5, 5.41) is 4.48. The number of nitrogens with zero attached hydrogens (tertiary/aromatic N) is 1. The quantitative estimate of drug-likeness (QED) is 0.788. The number of sulfone groups is 1. The highest BCUT2D eigenvalue weighted by Crippen LogP contribution is 2.27. The van der Waals surface area contributed by atoms with Gasteiger partial charge in [0.1, 0.15) is 0 Å². The van der Waals surface area contributed by atoms with Crippen LogP contribution in [0.3, 0.4) is 0 Å².